The van der Waals surface area contributed by atoms with Crippen molar-refractivity contribution >= 4 is 79.4 Å². The molecule has 0 N–H and O–H groups in total. The molecular weight excluding hydrogens is 595 g/mol. The molecule has 0 unspecified atom stereocenters. The number of benzene rings is 3. The maximum absolute atomic E-state index is 13.7. The van der Waals surface area contributed by atoms with Crippen molar-refractivity contribution in [3.63, 3.8) is 0 Å². The number of hydrogen-bond donors (Lipinski definition) is 0. The first-order chi connectivity index (χ1) is 17.7. The van der Waals surface area contributed by atoms with Gasteiger partial charge in [0.15, 0.2) is 16.7 Å². The van der Waals surface area contributed by atoms with Crippen LogP contribution in [0.15, 0.2) is 75.6 Å². The number of halogens is 3. The van der Waals surface area contributed by atoms with Crippen LogP contribution < -0.4 is 14.4 Å². The Labute approximate surface area is 238 Å². The topological polar surface area (TPSA) is 51.1 Å². The Morgan fingerprint density at radius 3 is 2.43 bits per heavy atom. The highest BCUT2D eigenvalue weighted by molar-refractivity contribution is 9.10. The third-order valence-electron chi connectivity index (χ3n) is 5.50. The Bertz CT molecular complexity index is 1460. The van der Waals surface area contributed by atoms with Gasteiger partial charge in [-0.05, 0) is 101 Å². The van der Waals surface area contributed by atoms with E-state index in [4.69, 9.17) is 37.7 Å². The average Bonchev–Trinajstić information content (AvgIpc) is 3.16. The van der Waals surface area contributed by atoms with Crippen molar-refractivity contribution in [1.29, 1.82) is 0 Å². The number of thioether (sulfide) groups is 1. The van der Waals surface area contributed by atoms with Crippen LogP contribution in [0.25, 0.3) is 6.08 Å². The monoisotopic (exact) mass is 616 g/mol. The molecule has 0 saturated carbocycles. The van der Waals surface area contributed by atoms with E-state index in [0.29, 0.717) is 54.1 Å². The number of carbonyl (C=O) groups is 1. The summed E-state index contributed by atoms with van der Waals surface area (Å²) < 4.78 is 11.9. The van der Waals surface area contributed by atoms with Gasteiger partial charge in [0.25, 0.3) is 5.91 Å². The number of amides is 1. The second-order valence-corrected chi connectivity index (χ2v) is 10.8. The van der Waals surface area contributed by atoms with Crippen LogP contribution in [0, 0.1) is 13.8 Å². The van der Waals surface area contributed by atoms with Crippen LogP contribution in [-0.4, -0.2) is 24.8 Å². The highest BCUT2D eigenvalue weighted by atomic mass is 79.9. The van der Waals surface area contributed by atoms with Crippen LogP contribution in [0.1, 0.15) is 16.7 Å². The van der Waals surface area contributed by atoms with Gasteiger partial charge in [0.05, 0.1) is 27.9 Å². The van der Waals surface area contributed by atoms with Gasteiger partial charge < -0.3 is 9.47 Å². The molecule has 0 radical (unpaired) electrons. The first-order valence-corrected chi connectivity index (χ1v) is 13.5. The lowest BCUT2D eigenvalue weighted by Crippen LogP contribution is -2.28. The molecule has 3 aromatic carbocycles. The Balaban J connectivity index is 1.79. The number of anilines is 1. The van der Waals surface area contributed by atoms with E-state index < -0.39 is 0 Å². The molecule has 0 aliphatic carbocycles. The van der Waals surface area contributed by atoms with E-state index in [1.165, 1.54) is 11.8 Å². The zero-order chi connectivity index (χ0) is 26.7. The van der Waals surface area contributed by atoms with Crippen LogP contribution in [0.5, 0.6) is 11.5 Å². The summed E-state index contributed by atoms with van der Waals surface area (Å²) in [6.45, 7) is 7.85. The van der Waals surface area contributed by atoms with Crippen molar-refractivity contribution < 1.29 is 14.3 Å². The van der Waals surface area contributed by atoms with E-state index in [-0.39, 0.29) is 5.91 Å². The maximum atomic E-state index is 13.7. The first-order valence-electron chi connectivity index (χ1n) is 11.2. The number of methoxy groups -OCH3 is 1. The van der Waals surface area contributed by atoms with Gasteiger partial charge in [-0.3, -0.25) is 9.69 Å². The summed E-state index contributed by atoms with van der Waals surface area (Å²) in [7, 11) is 1.56. The zero-order valence-electron chi connectivity index (χ0n) is 20.3. The fourth-order valence-corrected chi connectivity index (χ4v) is 5.44. The van der Waals surface area contributed by atoms with Gasteiger partial charge in [0.1, 0.15) is 6.61 Å². The number of hydrogen-bond acceptors (Lipinski definition) is 5. The molecule has 1 heterocycles. The molecule has 1 aliphatic heterocycles. The Morgan fingerprint density at radius 1 is 1.08 bits per heavy atom. The van der Waals surface area contributed by atoms with Gasteiger partial charge >= 0.3 is 0 Å². The van der Waals surface area contributed by atoms with Gasteiger partial charge in [-0.2, -0.15) is 0 Å². The Kier molecular flexibility index (Phi) is 8.70. The van der Waals surface area contributed by atoms with Crippen molar-refractivity contribution in [3.8, 4) is 11.5 Å². The predicted octanol–water partition coefficient (Wildman–Crippen LogP) is 8.75. The number of rotatable bonds is 7. The molecule has 0 aromatic heterocycles. The summed E-state index contributed by atoms with van der Waals surface area (Å²) in [6, 6.07) is 14.7. The number of carbonyl (C=O) groups excluding carboxylic acids is 1. The number of aryl methyl sites for hydroxylation is 2. The lowest BCUT2D eigenvalue weighted by Gasteiger charge is -2.16. The van der Waals surface area contributed by atoms with Crippen molar-refractivity contribution in [3.05, 3.63) is 97.3 Å². The van der Waals surface area contributed by atoms with E-state index in [1.807, 2.05) is 50.2 Å². The van der Waals surface area contributed by atoms with Crippen LogP contribution in [-0.2, 0) is 4.79 Å². The molecule has 5 nitrogen and oxygen atoms in total. The van der Waals surface area contributed by atoms with E-state index in [2.05, 4.69) is 22.5 Å². The molecule has 190 valence electrons. The van der Waals surface area contributed by atoms with Crippen LogP contribution in [0.3, 0.4) is 0 Å². The van der Waals surface area contributed by atoms with Gasteiger partial charge in [0.2, 0.25) is 0 Å². The normalized spacial score (nSPS) is 15.5. The van der Waals surface area contributed by atoms with Crippen molar-refractivity contribution in [2.24, 2.45) is 4.99 Å². The summed E-state index contributed by atoms with van der Waals surface area (Å²) in [4.78, 5) is 20.5. The zero-order valence-corrected chi connectivity index (χ0v) is 24.3. The summed E-state index contributed by atoms with van der Waals surface area (Å²) in [5.74, 6) is 0.872. The number of nitrogens with zero attached hydrogens (tertiary/aromatic N) is 2. The summed E-state index contributed by atoms with van der Waals surface area (Å²) >= 11 is 17.5. The molecule has 9 heteroatoms. The SMILES string of the molecule is C=CCOc1c(Br)cc(/C=C2/SC(=Nc3ccc(C)c(Cl)c3)N(c3ccc(C)c(Cl)c3)C2=O)cc1OC. The molecule has 4 rings (SSSR count). The lowest BCUT2D eigenvalue weighted by atomic mass is 10.1. The molecule has 1 fully saturated rings. The Hall–Kier alpha value is -2.71. The maximum Gasteiger partial charge on any atom is 0.271 e. The summed E-state index contributed by atoms with van der Waals surface area (Å²) in [5, 5.41) is 1.66. The number of amidine groups is 1. The number of ether oxygens (including phenoxy) is 2. The van der Waals surface area contributed by atoms with Gasteiger partial charge in [-0.15, -0.1) is 0 Å². The molecule has 0 spiro atoms. The lowest BCUT2D eigenvalue weighted by molar-refractivity contribution is -0.113. The smallest absolute Gasteiger partial charge is 0.271 e. The van der Waals surface area contributed by atoms with Crippen LogP contribution >= 0.6 is 50.9 Å². The quantitative estimate of drug-likeness (QED) is 0.196. The van der Waals surface area contributed by atoms with E-state index >= 15 is 0 Å². The Morgan fingerprint density at radius 2 is 1.78 bits per heavy atom. The third-order valence-corrected chi connectivity index (χ3v) is 7.87. The largest absolute Gasteiger partial charge is 0.493 e. The van der Waals surface area contributed by atoms with Crippen molar-refractivity contribution in [1.82, 2.24) is 0 Å². The molecule has 0 atom stereocenters. The fraction of sp³-hybridized carbons (Fsp3) is 0.143. The molecule has 0 bridgehead atoms. The van der Waals surface area contributed by atoms with Gasteiger partial charge in [-0.25, -0.2) is 4.99 Å². The predicted molar refractivity (Wildman–Crippen MR) is 159 cm³/mol. The molecule has 37 heavy (non-hydrogen) atoms. The van der Waals surface area contributed by atoms with Gasteiger partial charge in [-0.1, -0.05) is 48.0 Å². The standard InChI is InChI=1S/C28H23BrCl2N2O3S/c1-5-10-36-26-21(29)11-18(12-24(26)35-4)13-25-27(34)33(20-9-7-17(3)23(31)15-20)28(37-25)32-19-8-6-16(2)22(30)14-19/h5-9,11-15H,1,10H2,2-4H3/b25-13+,32-28?. The van der Waals surface area contributed by atoms with E-state index in [9.17, 15) is 4.79 Å². The van der Waals surface area contributed by atoms with Crippen molar-refractivity contribution in [2.45, 2.75) is 13.8 Å². The minimum Gasteiger partial charge on any atom is -0.493 e. The average molecular weight is 618 g/mol. The summed E-state index contributed by atoms with van der Waals surface area (Å²) in [5.41, 5.74) is 3.89. The highest BCUT2D eigenvalue weighted by Gasteiger charge is 2.35. The first kappa shape index (κ1) is 27.3. The van der Waals surface area contributed by atoms with Crippen molar-refractivity contribution in [2.75, 3.05) is 18.6 Å². The molecular formula is C28H23BrCl2N2O3S. The molecule has 1 saturated heterocycles. The highest BCUT2D eigenvalue weighted by Crippen LogP contribution is 2.41. The van der Waals surface area contributed by atoms with Gasteiger partial charge in [0, 0.05) is 10.0 Å². The molecule has 1 aliphatic rings. The molecule has 3 aromatic rings. The van der Waals surface area contributed by atoms with E-state index in [1.54, 1.807) is 36.3 Å². The minimum absolute atomic E-state index is 0.219. The number of aliphatic imine (C=N–C) groups is 1. The van der Waals surface area contributed by atoms with E-state index in [0.717, 1.165) is 16.7 Å². The third kappa shape index (κ3) is 6.07. The fourth-order valence-electron chi connectivity index (χ4n) is 3.52. The molecule has 1 amide bonds. The summed E-state index contributed by atoms with van der Waals surface area (Å²) in [6.07, 6.45) is 3.45. The minimum atomic E-state index is -0.219. The second kappa shape index (κ2) is 11.8. The van der Waals surface area contributed by atoms with Crippen LogP contribution in [0.2, 0.25) is 10.0 Å². The van der Waals surface area contributed by atoms with Crippen LogP contribution in [0.4, 0.5) is 11.4 Å². The second-order valence-electron chi connectivity index (χ2n) is 8.15.